The highest BCUT2D eigenvalue weighted by molar-refractivity contribution is 6.05. The zero-order chi connectivity index (χ0) is 18.1. The van der Waals surface area contributed by atoms with E-state index in [9.17, 15) is 15.3 Å². The number of benzene rings is 1. The molecule has 2 heterocycles. The largest absolute Gasteiger partial charge is 0.370 e. The van der Waals surface area contributed by atoms with Crippen LogP contribution in [0.25, 0.3) is 0 Å². The molecule has 1 aromatic carbocycles. The Bertz CT molecular complexity index is 938. The second-order valence-electron chi connectivity index (χ2n) is 6.74. The fourth-order valence-corrected chi connectivity index (χ4v) is 3.41. The van der Waals surface area contributed by atoms with Crippen LogP contribution in [0.4, 0.5) is 11.5 Å². The van der Waals surface area contributed by atoms with Crippen LogP contribution in [0.5, 0.6) is 0 Å². The first-order chi connectivity index (χ1) is 12.7. The smallest absolute Gasteiger partial charge is 0.256 e. The molecular weight excluding hydrogens is 328 g/mol. The maximum Gasteiger partial charge on any atom is 0.256 e. The molecule has 0 spiro atoms. The normalized spacial score (nSPS) is 16.2. The van der Waals surface area contributed by atoms with Gasteiger partial charge in [-0.05, 0) is 43.9 Å². The number of nitriles is 2. The Morgan fingerprint density at radius 2 is 2.00 bits per heavy atom. The lowest BCUT2D eigenvalue weighted by Gasteiger charge is -2.19. The lowest BCUT2D eigenvalue weighted by atomic mass is 10.1. The molecule has 2 aromatic rings. The molecule has 0 radical (unpaired) electrons. The van der Waals surface area contributed by atoms with E-state index in [2.05, 4.69) is 32.6 Å². The monoisotopic (exact) mass is 346 g/mol. The van der Waals surface area contributed by atoms with Crippen LogP contribution in [-0.4, -0.2) is 29.2 Å². The van der Waals surface area contributed by atoms with E-state index < -0.39 is 0 Å². The Labute approximate surface area is 151 Å². The highest BCUT2D eigenvalue weighted by Gasteiger charge is 2.30. The number of aromatic amines is 1. The van der Waals surface area contributed by atoms with Gasteiger partial charge in [-0.25, -0.2) is 0 Å². The molecule has 130 valence electrons. The minimum absolute atomic E-state index is 0.251. The van der Waals surface area contributed by atoms with Crippen LogP contribution in [0, 0.1) is 22.7 Å². The van der Waals surface area contributed by atoms with Crippen molar-refractivity contribution in [2.45, 2.75) is 31.6 Å². The number of anilines is 2. The van der Waals surface area contributed by atoms with Crippen molar-refractivity contribution < 1.29 is 4.79 Å². The average molecular weight is 346 g/mol. The van der Waals surface area contributed by atoms with E-state index in [-0.39, 0.29) is 11.7 Å². The number of carbonyl (C=O) groups is 1. The van der Waals surface area contributed by atoms with E-state index in [1.54, 1.807) is 12.1 Å². The lowest BCUT2D eigenvalue weighted by molar-refractivity contribution is 0.102. The van der Waals surface area contributed by atoms with Crippen LogP contribution in [0.3, 0.4) is 0 Å². The second-order valence-corrected chi connectivity index (χ2v) is 6.74. The van der Waals surface area contributed by atoms with Gasteiger partial charge in [0.1, 0.15) is 17.7 Å². The van der Waals surface area contributed by atoms with Crippen molar-refractivity contribution in [2.75, 3.05) is 23.3 Å². The predicted octanol–water partition coefficient (Wildman–Crippen LogP) is 2.88. The molecule has 2 N–H and O–H groups in total. The first-order valence-corrected chi connectivity index (χ1v) is 8.80. The van der Waals surface area contributed by atoms with E-state index in [0.717, 1.165) is 50.2 Å². The summed E-state index contributed by atoms with van der Waals surface area (Å²) in [6, 6.07) is 9.45. The summed E-state index contributed by atoms with van der Waals surface area (Å²) in [6.07, 6.45) is 4.31. The van der Waals surface area contributed by atoms with E-state index in [4.69, 9.17) is 0 Å². The minimum atomic E-state index is -0.375. The van der Waals surface area contributed by atoms with Crippen molar-refractivity contribution in [3.63, 3.8) is 0 Å². The van der Waals surface area contributed by atoms with Crippen LogP contribution < -0.4 is 10.2 Å². The quantitative estimate of drug-likeness (QED) is 0.885. The average Bonchev–Trinajstić information content (AvgIpc) is 3.20. The van der Waals surface area contributed by atoms with Crippen molar-refractivity contribution >= 4 is 17.4 Å². The molecule has 2 aliphatic rings. The van der Waals surface area contributed by atoms with Gasteiger partial charge in [-0.1, -0.05) is 0 Å². The highest BCUT2D eigenvalue weighted by atomic mass is 16.1. The van der Waals surface area contributed by atoms with Crippen molar-refractivity contribution in [1.82, 2.24) is 10.2 Å². The number of H-pyrrole nitrogens is 1. The molecule has 7 heteroatoms. The van der Waals surface area contributed by atoms with E-state index in [1.807, 2.05) is 6.07 Å². The number of nitrogens with zero attached hydrogens (tertiary/aromatic N) is 4. The summed E-state index contributed by atoms with van der Waals surface area (Å²) in [5.74, 6) is 0.217. The van der Waals surface area contributed by atoms with Crippen molar-refractivity contribution in [3.05, 3.63) is 40.6 Å². The Balaban J connectivity index is 1.57. The standard InChI is InChI=1S/C19H18N6O/c20-10-14-9-13(5-6-16(14)25-7-1-2-8-25)19(26)22-18-15(11-21)17(23-24-18)12-3-4-12/h5-6,9,12H,1-4,7-8H2,(H2,22,23,24,26). The van der Waals surface area contributed by atoms with E-state index in [0.29, 0.717) is 22.6 Å². The first-order valence-electron chi connectivity index (χ1n) is 8.80. The molecule has 4 rings (SSSR count). The first kappa shape index (κ1) is 16.2. The maximum absolute atomic E-state index is 12.6. The SMILES string of the molecule is N#Cc1cc(C(=O)Nc2n[nH]c(C3CC3)c2C#N)ccc1N1CCCC1. The number of aromatic nitrogens is 2. The van der Waals surface area contributed by atoms with Gasteiger partial charge in [0.25, 0.3) is 5.91 Å². The van der Waals surface area contributed by atoms with Crippen molar-refractivity contribution in [3.8, 4) is 12.1 Å². The number of nitrogens with one attached hydrogen (secondary N) is 2. The topological polar surface area (TPSA) is 109 Å². The molecule has 1 aliphatic heterocycles. The summed E-state index contributed by atoms with van der Waals surface area (Å²) in [5.41, 5.74) is 2.93. The molecule has 1 amide bonds. The molecule has 1 saturated heterocycles. The second kappa shape index (κ2) is 6.53. The minimum Gasteiger partial charge on any atom is -0.370 e. The molecule has 0 unspecified atom stereocenters. The number of carbonyl (C=O) groups excluding carboxylic acids is 1. The molecule has 2 fully saturated rings. The summed E-state index contributed by atoms with van der Waals surface area (Å²) >= 11 is 0. The number of hydrogen-bond donors (Lipinski definition) is 2. The van der Waals surface area contributed by atoms with Crippen LogP contribution in [0.1, 0.15) is 58.8 Å². The molecule has 0 bridgehead atoms. The summed E-state index contributed by atoms with van der Waals surface area (Å²) in [5, 5.41) is 28.5. The summed E-state index contributed by atoms with van der Waals surface area (Å²) in [6.45, 7) is 1.87. The maximum atomic E-state index is 12.6. The Kier molecular flexibility index (Phi) is 4.06. The van der Waals surface area contributed by atoms with Gasteiger partial charge in [0, 0.05) is 24.6 Å². The molecule has 7 nitrogen and oxygen atoms in total. The summed E-state index contributed by atoms with van der Waals surface area (Å²) in [7, 11) is 0. The fourth-order valence-electron chi connectivity index (χ4n) is 3.41. The molecular formula is C19H18N6O. The predicted molar refractivity (Wildman–Crippen MR) is 95.8 cm³/mol. The van der Waals surface area contributed by atoms with Gasteiger partial charge in [0.15, 0.2) is 5.82 Å². The fraction of sp³-hybridized carbons (Fsp3) is 0.368. The van der Waals surface area contributed by atoms with E-state index >= 15 is 0 Å². The molecule has 1 aromatic heterocycles. The van der Waals surface area contributed by atoms with E-state index in [1.165, 1.54) is 0 Å². The van der Waals surface area contributed by atoms with Gasteiger partial charge in [0.05, 0.1) is 16.9 Å². The third-order valence-electron chi connectivity index (χ3n) is 4.95. The Hall–Kier alpha value is -3.32. The molecule has 1 saturated carbocycles. The third-order valence-corrected chi connectivity index (χ3v) is 4.95. The third kappa shape index (κ3) is 2.89. The van der Waals surface area contributed by atoms with Crippen molar-refractivity contribution in [2.24, 2.45) is 0 Å². The highest BCUT2D eigenvalue weighted by Crippen LogP contribution is 2.41. The van der Waals surface area contributed by atoms with Gasteiger partial charge in [-0.3, -0.25) is 9.89 Å². The molecule has 1 aliphatic carbocycles. The Morgan fingerprint density at radius 3 is 2.65 bits per heavy atom. The zero-order valence-electron chi connectivity index (χ0n) is 14.2. The molecule has 0 atom stereocenters. The van der Waals surface area contributed by atoms with Gasteiger partial charge in [-0.2, -0.15) is 15.6 Å². The Morgan fingerprint density at radius 1 is 1.23 bits per heavy atom. The van der Waals surface area contributed by atoms with Crippen LogP contribution >= 0.6 is 0 Å². The van der Waals surface area contributed by atoms with Crippen molar-refractivity contribution in [1.29, 1.82) is 10.5 Å². The summed E-state index contributed by atoms with van der Waals surface area (Å²) < 4.78 is 0. The van der Waals surface area contributed by atoms with Crippen LogP contribution in [-0.2, 0) is 0 Å². The molecule has 26 heavy (non-hydrogen) atoms. The van der Waals surface area contributed by atoms with Crippen LogP contribution in [0.2, 0.25) is 0 Å². The van der Waals surface area contributed by atoms with Gasteiger partial charge >= 0.3 is 0 Å². The van der Waals surface area contributed by atoms with Gasteiger partial charge in [0.2, 0.25) is 0 Å². The number of hydrogen-bond acceptors (Lipinski definition) is 5. The zero-order valence-corrected chi connectivity index (χ0v) is 14.2. The van der Waals surface area contributed by atoms with Gasteiger partial charge in [-0.15, -0.1) is 0 Å². The summed E-state index contributed by atoms with van der Waals surface area (Å²) in [4.78, 5) is 14.8. The van der Waals surface area contributed by atoms with Crippen LogP contribution in [0.15, 0.2) is 18.2 Å². The number of amides is 1. The lowest BCUT2D eigenvalue weighted by Crippen LogP contribution is -2.19. The number of rotatable bonds is 4. The van der Waals surface area contributed by atoms with Gasteiger partial charge < -0.3 is 10.2 Å².